The van der Waals surface area contributed by atoms with Gasteiger partial charge < -0.3 is 14.5 Å². The van der Waals surface area contributed by atoms with E-state index in [0.29, 0.717) is 17.9 Å². The van der Waals surface area contributed by atoms with Gasteiger partial charge in [-0.1, -0.05) is 12.1 Å². The highest BCUT2D eigenvalue weighted by atomic mass is 32.2. The van der Waals surface area contributed by atoms with Gasteiger partial charge in [0.2, 0.25) is 0 Å². The number of carbonyl (C=O) groups is 2. The lowest BCUT2D eigenvalue weighted by atomic mass is 10.1. The summed E-state index contributed by atoms with van der Waals surface area (Å²) in [5, 5.41) is 0. The monoisotopic (exact) mass is 347 g/mol. The molecule has 24 heavy (non-hydrogen) atoms. The molecule has 0 aliphatic rings. The standard InChI is InChI=1S/C18H21NO4S/c1-5-23-15(21)10-24-18-16(12(3)20)11(2)19-17(18)13-8-6-7-9-14(13)22-4/h6-9,19H,5,10H2,1-4H3. The van der Waals surface area contributed by atoms with Gasteiger partial charge in [-0.2, -0.15) is 0 Å². The van der Waals surface area contributed by atoms with E-state index in [-0.39, 0.29) is 17.5 Å². The maximum Gasteiger partial charge on any atom is 0.316 e. The summed E-state index contributed by atoms with van der Waals surface area (Å²) in [5.41, 5.74) is 3.01. The summed E-state index contributed by atoms with van der Waals surface area (Å²) < 4.78 is 10.4. The van der Waals surface area contributed by atoms with Crippen LogP contribution in [0.5, 0.6) is 5.75 Å². The molecule has 6 heteroatoms. The predicted molar refractivity (Wildman–Crippen MR) is 94.9 cm³/mol. The van der Waals surface area contributed by atoms with Crippen molar-refractivity contribution in [1.29, 1.82) is 0 Å². The van der Waals surface area contributed by atoms with Crippen molar-refractivity contribution in [2.24, 2.45) is 0 Å². The average molecular weight is 347 g/mol. The second-order valence-corrected chi connectivity index (χ2v) is 6.16. The zero-order valence-electron chi connectivity index (χ0n) is 14.3. The summed E-state index contributed by atoms with van der Waals surface area (Å²) in [6.07, 6.45) is 0. The molecule has 0 aliphatic carbocycles. The Morgan fingerprint density at radius 2 is 1.96 bits per heavy atom. The number of ether oxygens (including phenoxy) is 2. The number of ketones is 1. The minimum Gasteiger partial charge on any atom is -0.496 e. The van der Waals surface area contributed by atoms with E-state index in [1.165, 1.54) is 18.7 Å². The average Bonchev–Trinajstić information content (AvgIpc) is 2.89. The molecule has 0 unspecified atom stereocenters. The molecule has 0 radical (unpaired) electrons. The molecule has 1 aromatic carbocycles. The number of thioether (sulfide) groups is 1. The van der Waals surface area contributed by atoms with E-state index in [0.717, 1.165) is 21.8 Å². The third-order valence-electron chi connectivity index (χ3n) is 3.51. The van der Waals surface area contributed by atoms with Crippen molar-refractivity contribution < 1.29 is 19.1 Å². The zero-order chi connectivity index (χ0) is 17.7. The van der Waals surface area contributed by atoms with Crippen LogP contribution in [0.2, 0.25) is 0 Å². The van der Waals surface area contributed by atoms with E-state index in [9.17, 15) is 9.59 Å². The van der Waals surface area contributed by atoms with Crippen LogP contribution < -0.4 is 4.74 Å². The molecule has 2 aromatic rings. The lowest BCUT2D eigenvalue weighted by Crippen LogP contribution is -2.07. The first kappa shape index (κ1) is 18.1. The van der Waals surface area contributed by atoms with Gasteiger partial charge in [-0.05, 0) is 32.9 Å². The number of hydrogen-bond donors (Lipinski definition) is 1. The van der Waals surface area contributed by atoms with Gasteiger partial charge in [0.05, 0.1) is 30.7 Å². The predicted octanol–water partition coefficient (Wildman–Crippen LogP) is 3.86. The Kier molecular flexibility index (Phi) is 6.09. The van der Waals surface area contributed by atoms with Crippen molar-refractivity contribution >= 4 is 23.5 Å². The van der Waals surface area contributed by atoms with Gasteiger partial charge in [-0.25, -0.2) is 0 Å². The number of benzene rings is 1. The fourth-order valence-electron chi connectivity index (χ4n) is 2.54. The van der Waals surface area contributed by atoms with Gasteiger partial charge in [0, 0.05) is 16.2 Å². The molecule has 1 heterocycles. The van der Waals surface area contributed by atoms with Gasteiger partial charge in [0.25, 0.3) is 0 Å². The van der Waals surface area contributed by atoms with Crippen LogP contribution in [0.3, 0.4) is 0 Å². The molecular formula is C18H21NO4S. The summed E-state index contributed by atoms with van der Waals surface area (Å²) in [7, 11) is 1.60. The molecular weight excluding hydrogens is 326 g/mol. The number of rotatable bonds is 7. The van der Waals surface area contributed by atoms with Gasteiger partial charge in [-0.15, -0.1) is 11.8 Å². The minimum absolute atomic E-state index is 0.0451. The van der Waals surface area contributed by atoms with Gasteiger partial charge in [0.1, 0.15) is 5.75 Å². The van der Waals surface area contributed by atoms with Crippen molar-refractivity contribution in [2.45, 2.75) is 25.7 Å². The summed E-state index contributed by atoms with van der Waals surface area (Å²) in [4.78, 5) is 27.8. The number of esters is 1. The molecule has 0 saturated carbocycles. The Balaban J connectivity index is 2.49. The van der Waals surface area contributed by atoms with E-state index in [2.05, 4.69) is 4.98 Å². The van der Waals surface area contributed by atoms with Crippen LogP contribution in [0.25, 0.3) is 11.3 Å². The molecule has 0 saturated heterocycles. The lowest BCUT2D eigenvalue weighted by molar-refractivity contribution is -0.139. The highest BCUT2D eigenvalue weighted by molar-refractivity contribution is 8.00. The second-order valence-electron chi connectivity index (χ2n) is 5.18. The highest BCUT2D eigenvalue weighted by Gasteiger charge is 2.22. The Morgan fingerprint density at radius 3 is 2.58 bits per heavy atom. The Bertz CT molecular complexity index is 751. The number of aromatic nitrogens is 1. The van der Waals surface area contributed by atoms with E-state index in [1.807, 2.05) is 31.2 Å². The van der Waals surface area contributed by atoms with Crippen LogP contribution in [0.1, 0.15) is 29.9 Å². The molecule has 128 valence electrons. The SMILES string of the molecule is CCOC(=O)CSc1c(-c2ccccc2OC)[nH]c(C)c1C(C)=O. The topological polar surface area (TPSA) is 68.4 Å². The van der Waals surface area contributed by atoms with E-state index in [4.69, 9.17) is 9.47 Å². The van der Waals surface area contributed by atoms with Crippen molar-refractivity contribution in [3.63, 3.8) is 0 Å². The number of nitrogens with one attached hydrogen (secondary N) is 1. The third kappa shape index (κ3) is 3.82. The van der Waals surface area contributed by atoms with Gasteiger partial charge in [-0.3, -0.25) is 9.59 Å². The molecule has 5 nitrogen and oxygen atoms in total. The van der Waals surface area contributed by atoms with Gasteiger partial charge in [0.15, 0.2) is 5.78 Å². The molecule has 0 bridgehead atoms. The molecule has 0 aliphatic heterocycles. The third-order valence-corrected chi connectivity index (χ3v) is 4.59. The molecule has 1 aromatic heterocycles. The Labute approximate surface area is 145 Å². The fraction of sp³-hybridized carbons (Fsp3) is 0.333. The summed E-state index contributed by atoms with van der Waals surface area (Å²) >= 11 is 1.30. The number of carbonyl (C=O) groups excluding carboxylic acids is 2. The van der Waals surface area contributed by atoms with E-state index in [1.54, 1.807) is 14.0 Å². The molecule has 1 N–H and O–H groups in total. The fourth-order valence-corrected chi connectivity index (χ4v) is 3.64. The van der Waals surface area contributed by atoms with Crippen molar-refractivity contribution in [3.05, 3.63) is 35.5 Å². The second kappa shape index (κ2) is 8.06. The largest absolute Gasteiger partial charge is 0.496 e. The summed E-state index contributed by atoms with van der Waals surface area (Å²) in [6, 6.07) is 7.57. The highest BCUT2D eigenvalue weighted by Crippen LogP contribution is 2.39. The van der Waals surface area contributed by atoms with E-state index < -0.39 is 0 Å². The summed E-state index contributed by atoms with van der Waals surface area (Å²) in [5.74, 6) is 0.498. The zero-order valence-corrected chi connectivity index (χ0v) is 15.1. The number of aryl methyl sites for hydroxylation is 1. The van der Waals surface area contributed by atoms with Gasteiger partial charge >= 0.3 is 5.97 Å². The lowest BCUT2D eigenvalue weighted by Gasteiger charge is -2.10. The van der Waals surface area contributed by atoms with Crippen LogP contribution in [0, 0.1) is 6.92 Å². The smallest absolute Gasteiger partial charge is 0.316 e. The minimum atomic E-state index is -0.304. The van der Waals surface area contributed by atoms with Crippen LogP contribution in [-0.4, -0.2) is 36.2 Å². The maximum absolute atomic E-state index is 12.1. The first-order valence-corrected chi connectivity index (χ1v) is 8.63. The Hall–Kier alpha value is -2.21. The summed E-state index contributed by atoms with van der Waals surface area (Å²) in [6.45, 7) is 5.48. The van der Waals surface area contributed by atoms with Crippen LogP contribution >= 0.6 is 11.8 Å². The van der Waals surface area contributed by atoms with Crippen LogP contribution in [0.15, 0.2) is 29.2 Å². The maximum atomic E-state index is 12.1. The first-order chi connectivity index (χ1) is 11.5. The molecule has 0 atom stereocenters. The Morgan fingerprint density at radius 1 is 1.25 bits per heavy atom. The molecule has 2 rings (SSSR count). The number of H-pyrrole nitrogens is 1. The molecule has 0 fully saturated rings. The quantitative estimate of drug-likeness (QED) is 0.468. The number of hydrogen-bond acceptors (Lipinski definition) is 5. The number of methoxy groups -OCH3 is 1. The van der Waals surface area contributed by atoms with Crippen molar-refractivity contribution in [1.82, 2.24) is 4.98 Å². The normalized spacial score (nSPS) is 10.5. The molecule has 0 spiro atoms. The van der Waals surface area contributed by atoms with E-state index >= 15 is 0 Å². The number of Topliss-reactive ketones (excluding diaryl/α,β-unsaturated/α-hetero) is 1. The molecule has 0 amide bonds. The number of aromatic amines is 1. The van der Waals surface area contributed by atoms with Crippen LogP contribution in [0.4, 0.5) is 0 Å². The number of para-hydroxylation sites is 1. The van der Waals surface area contributed by atoms with Crippen molar-refractivity contribution in [2.75, 3.05) is 19.5 Å². The van der Waals surface area contributed by atoms with Crippen LogP contribution in [-0.2, 0) is 9.53 Å². The first-order valence-electron chi connectivity index (χ1n) is 7.64. The van der Waals surface area contributed by atoms with Crippen molar-refractivity contribution in [3.8, 4) is 17.0 Å².